The highest BCUT2D eigenvalue weighted by Gasteiger charge is 2.32. The number of nitrogens with one attached hydrogen (secondary N) is 1. The summed E-state index contributed by atoms with van der Waals surface area (Å²) in [5.74, 6) is 0.560. The van der Waals surface area contributed by atoms with Crippen LogP contribution in [0.15, 0.2) is 24.3 Å². The van der Waals surface area contributed by atoms with Gasteiger partial charge in [-0.2, -0.15) is 0 Å². The lowest BCUT2D eigenvalue weighted by Gasteiger charge is -2.36. The van der Waals surface area contributed by atoms with Gasteiger partial charge < -0.3 is 10.4 Å². The molecule has 0 atom stereocenters. The quantitative estimate of drug-likeness (QED) is 0.834. The summed E-state index contributed by atoms with van der Waals surface area (Å²) in [5, 5.41) is 12.8. The second-order valence-electron chi connectivity index (χ2n) is 5.33. The number of rotatable bonds is 4. The number of halogens is 1. The molecule has 1 amide bonds. The molecule has 0 aliphatic heterocycles. The van der Waals surface area contributed by atoms with Crippen molar-refractivity contribution in [3.63, 3.8) is 0 Å². The first-order chi connectivity index (χ1) is 9.15. The molecule has 2 rings (SSSR count). The van der Waals surface area contributed by atoms with Gasteiger partial charge in [0, 0.05) is 11.4 Å². The summed E-state index contributed by atoms with van der Waals surface area (Å²) in [7, 11) is 0. The molecule has 0 saturated heterocycles. The van der Waals surface area contributed by atoms with Crippen LogP contribution in [0.1, 0.15) is 37.7 Å². The van der Waals surface area contributed by atoms with Gasteiger partial charge in [0.1, 0.15) is 5.75 Å². The van der Waals surface area contributed by atoms with E-state index in [1.807, 2.05) is 6.07 Å². The molecule has 2 N–H and O–H groups in total. The maximum atomic E-state index is 12.1. The molecule has 1 fully saturated rings. The number of hydrogen-bond acceptors (Lipinski definition) is 2. The fraction of sp³-hybridized carbons (Fsp3) is 0.533. The van der Waals surface area contributed by atoms with Crippen LogP contribution in [-0.4, -0.2) is 22.4 Å². The number of aromatic hydroxyl groups is 1. The van der Waals surface area contributed by atoms with Crippen molar-refractivity contribution in [2.45, 2.75) is 44.1 Å². The SMILES string of the molecule is O=C(Cc1ccccc1O)NC1(CCl)CCCCC1. The third-order valence-electron chi connectivity index (χ3n) is 3.81. The second kappa shape index (κ2) is 6.29. The van der Waals surface area contributed by atoms with Crippen molar-refractivity contribution >= 4 is 17.5 Å². The molecule has 1 aliphatic rings. The highest BCUT2D eigenvalue weighted by atomic mass is 35.5. The molecule has 0 unspecified atom stereocenters. The van der Waals surface area contributed by atoms with E-state index < -0.39 is 0 Å². The number of para-hydroxylation sites is 1. The lowest BCUT2D eigenvalue weighted by Crippen LogP contribution is -2.51. The third-order valence-corrected chi connectivity index (χ3v) is 4.33. The van der Waals surface area contributed by atoms with Gasteiger partial charge in [-0.15, -0.1) is 11.6 Å². The number of amides is 1. The minimum absolute atomic E-state index is 0.0657. The summed E-state index contributed by atoms with van der Waals surface area (Å²) in [6, 6.07) is 6.93. The van der Waals surface area contributed by atoms with Crippen molar-refractivity contribution in [2.75, 3.05) is 5.88 Å². The van der Waals surface area contributed by atoms with Crippen molar-refractivity contribution < 1.29 is 9.90 Å². The Morgan fingerprint density at radius 3 is 2.58 bits per heavy atom. The molecule has 104 valence electrons. The second-order valence-corrected chi connectivity index (χ2v) is 5.60. The van der Waals surface area contributed by atoms with E-state index >= 15 is 0 Å². The number of carbonyl (C=O) groups excluding carboxylic acids is 1. The summed E-state index contributed by atoms with van der Waals surface area (Å²) >= 11 is 6.05. The zero-order valence-corrected chi connectivity index (χ0v) is 11.7. The van der Waals surface area contributed by atoms with E-state index in [1.165, 1.54) is 6.42 Å². The predicted octanol–water partition coefficient (Wildman–Crippen LogP) is 2.99. The van der Waals surface area contributed by atoms with Gasteiger partial charge in [0.15, 0.2) is 0 Å². The van der Waals surface area contributed by atoms with E-state index in [9.17, 15) is 9.90 Å². The van der Waals surface area contributed by atoms with Gasteiger partial charge in [0.05, 0.1) is 12.0 Å². The third kappa shape index (κ3) is 3.63. The maximum Gasteiger partial charge on any atom is 0.225 e. The molecule has 4 heteroatoms. The monoisotopic (exact) mass is 281 g/mol. The molecule has 1 aromatic carbocycles. The molecule has 0 bridgehead atoms. The normalized spacial score (nSPS) is 17.9. The first-order valence-electron chi connectivity index (χ1n) is 6.79. The van der Waals surface area contributed by atoms with E-state index in [-0.39, 0.29) is 23.6 Å². The number of hydrogen-bond donors (Lipinski definition) is 2. The molecular formula is C15H20ClNO2. The number of phenols is 1. The van der Waals surface area contributed by atoms with Gasteiger partial charge in [-0.25, -0.2) is 0 Å². The molecule has 1 aliphatic carbocycles. The van der Waals surface area contributed by atoms with Gasteiger partial charge in [-0.3, -0.25) is 4.79 Å². The molecule has 0 radical (unpaired) electrons. The smallest absolute Gasteiger partial charge is 0.225 e. The Balaban J connectivity index is 1.98. The van der Waals surface area contributed by atoms with Gasteiger partial charge in [0.25, 0.3) is 0 Å². The topological polar surface area (TPSA) is 49.3 Å². The molecule has 19 heavy (non-hydrogen) atoms. The highest BCUT2D eigenvalue weighted by Crippen LogP contribution is 2.29. The highest BCUT2D eigenvalue weighted by molar-refractivity contribution is 6.18. The lowest BCUT2D eigenvalue weighted by atomic mass is 9.83. The van der Waals surface area contributed by atoms with E-state index in [2.05, 4.69) is 5.32 Å². The van der Waals surface area contributed by atoms with E-state index in [1.54, 1.807) is 18.2 Å². The van der Waals surface area contributed by atoms with Gasteiger partial charge in [0.2, 0.25) is 5.91 Å². The zero-order valence-electron chi connectivity index (χ0n) is 11.0. The standard InChI is InChI=1S/C15H20ClNO2/c16-11-15(8-4-1-5-9-15)17-14(19)10-12-6-2-3-7-13(12)18/h2-3,6-7,18H,1,4-5,8-11H2,(H,17,19). The fourth-order valence-electron chi connectivity index (χ4n) is 2.69. The Morgan fingerprint density at radius 1 is 1.26 bits per heavy atom. The number of carbonyl (C=O) groups is 1. The number of alkyl halides is 1. The summed E-state index contributed by atoms with van der Waals surface area (Å²) in [5.41, 5.74) is 0.405. The van der Waals surface area contributed by atoms with Crippen LogP contribution in [0.4, 0.5) is 0 Å². The van der Waals surface area contributed by atoms with E-state index in [0.29, 0.717) is 11.4 Å². The molecule has 0 spiro atoms. The van der Waals surface area contributed by atoms with Crippen LogP contribution >= 0.6 is 11.6 Å². The summed E-state index contributed by atoms with van der Waals surface area (Å²) in [6.07, 6.45) is 5.54. The minimum atomic E-state index is -0.249. The summed E-state index contributed by atoms with van der Waals surface area (Å²) < 4.78 is 0. The van der Waals surface area contributed by atoms with E-state index in [0.717, 1.165) is 25.7 Å². The van der Waals surface area contributed by atoms with Crippen LogP contribution in [0.25, 0.3) is 0 Å². The van der Waals surface area contributed by atoms with Gasteiger partial charge in [-0.1, -0.05) is 37.5 Å². The summed E-state index contributed by atoms with van der Waals surface area (Å²) in [6.45, 7) is 0. The molecular weight excluding hydrogens is 262 g/mol. The molecule has 1 aromatic rings. The lowest BCUT2D eigenvalue weighted by molar-refractivity contribution is -0.122. The number of benzene rings is 1. The molecule has 0 aromatic heterocycles. The Morgan fingerprint density at radius 2 is 1.95 bits per heavy atom. The van der Waals surface area contributed by atoms with Crippen molar-refractivity contribution in [3.05, 3.63) is 29.8 Å². The fourth-order valence-corrected chi connectivity index (χ4v) is 3.03. The first kappa shape index (κ1) is 14.2. The first-order valence-corrected chi connectivity index (χ1v) is 7.32. The zero-order chi connectivity index (χ0) is 13.7. The van der Waals surface area contributed by atoms with Crippen molar-refractivity contribution in [2.24, 2.45) is 0 Å². The Hall–Kier alpha value is -1.22. The van der Waals surface area contributed by atoms with Crippen molar-refractivity contribution in [1.82, 2.24) is 5.32 Å². The average Bonchev–Trinajstić information content (AvgIpc) is 2.42. The van der Waals surface area contributed by atoms with Crippen LogP contribution in [0.3, 0.4) is 0 Å². The predicted molar refractivity (Wildman–Crippen MR) is 76.5 cm³/mol. The molecule has 3 nitrogen and oxygen atoms in total. The van der Waals surface area contributed by atoms with Crippen molar-refractivity contribution in [1.29, 1.82) is 0 Å². The summed E-state index contributed by atoms with van der Waals surface area (Å²) in [4.78, 5) is 12.1. The van der Waals surface area contributed by atoms with Gasteiger partial charge in [-0.05, 0) is 18.9 Å². The largest absolute Gasteiger partial charge is 0.508 e. The van der Waals surface area contributed by atoms with Crippen LogP contribution < -0.4 is 5.32 Å². The molecule has 1 saturated carbocycles. The van der Waals surface area contributed by atoms with Crippen LogP contribution in [0.5, 0.6) is 5.75 Å². The van der Waals surface area contributed by atoms with Gasteiger partial charge >= 0.3 is 0 Å². The maximum absolute atomic E-state index is 12.1. The van der Waals surface area contributed by atoms with Crippen LogP contribution in [0, 0.1) is 0 Å². The number of phenolic OH excluding ortho intramolecular Hbond substituents is 1. The van der Waals surface area contributed by atoms with Crippen molar-refractivity contribution in [3.8, 4) is 5.75 Å². The Bertz CT molecular complexity index is 442. The average molecular weight is 282 g/mol. The van der Waals surface area contributed by atoms with E-state index in [4.69, 9.17) is 11.6 Å². The van der Waals surface area contributed by atoms with Crippen LogP contribution in [-0.2, 0) is 11.2 Å². The Labute approximate surface area is 119 Å². The minimum Gasteiger partial charge on any atom is -0.508 e. The Kier molecular flexibility index (Phi) is 4.70. The molecule has 0 heterocycles. The van der Waals surface area contributed by atoms with Crippen LogP contribution in [0.2, 0.25) is 0 Å².